The number of nitrogens with two attached hydrogens (primary N) is 1. The van der Waals surface area contributed by atoms with E-state index >= 15 is 0 Å². The minimum absolute atomic E-state index is 0.227. The van der Waals surface area contributed by atoms with E-state index in [4.69, 9.17) is 5.73 Å². The Morgan fingerprint density at radius 2 is 2.10 bits per heavy atom. The van der Waals surface area contributed by atoms with Gasteiger partial charge in [0.25, 0.3) is 5.91 Å². The maximum Gasteiger partial charge on any atom is 0.276 e. The third-order valence-corrected chi connectivity index (χ3v) is 3.46. The summed E-state index contributed by atoms with van der Waals surface area (Å²) < 4.78 is 1.52. The second-order valence-corrected chi connectivity index (χ2v) is 4.89. The summed E-state index contributed by atoms with van der Waals surface area (Å²) >= 11 is 0. The number of nitrogens with one attached hydrogen (secondary N) is 1. The SMILES string of the molecule is CCc1cccc(C)c1NC(=O)c1c(N)c(C)nn1C. The van der Waals surface area contributed by atoms with Gasteiger partial charge in [-0.05, 0) is 31.4 Å². The predicted octanol–water partition coefficient (Wildman–Crippen LogP) is 2.43. The summed E-state index contributed by atoms with van der Waals surface area (Å²) in [6, 6.07) is 5.99. The van der Waals surface area contributed by atoms with Gasteiger partial charge in [0.1, 0.15) is 5.69 Å². The Labute approximate surface area is 118 Å². The molecule has 1 heterocycles. The molecule has 1 aromatic carbocycles. The number of aromatic nitrogens is 2. The smallest absolute Gasteiger partial charge is 0.276 e. The lowest BCUT2D eigenvalue weighted by molar-refractivity contribution is 0.101. The molecule has 1 amide bonds. The fraction of sp³-hybridized carbons (Fsp3) is 0.333. The lowest BCUT2D eigenvalue weighted by Gasteiger charge is -2.13. The first-order valence-corrected chi connectivity index (χ1v) is 6.64. The van der Waals surface area contributed by atoms with Crippen LogP contribution in [0.3, 0.4) is 0 Å². The summed E-state index contributed by atoms with van der Waals surface area (Å²) in [5, 5.41) is 7.13. The molecular weight excluding hydrogens is 252 g/mol. The summed E-state index contributed by atoms with van der Waals surface area (Å²) in [6.45, 7) is 5.83. The molecule has 0 atom stereocenters. The normalized spacial score (nSPS) is 10.6. The number of para-hydroxylation sites is 1. The maximum atomic E-state index is 12.4. The van der Waals surface area contributed by atoms with Crippen molar-refractivity contribution in [3.8, 4) is 0 Å². The summed E-state index contributed by atoms with van der Waals surface area (Å²) in [4.78, 5) is 12.4. The van der Waals surface area contributed by atoms with Gasteiger partial charge >= 0.3 is 0 Å². The van der Waals surface area contributed by atoms with Crippen molar-refractivity contribution < 1.29 is 4.79 Å². The number of amides is 1. The molecule has 5 heteroatoms. The molecule has 0 bridgehead atoms. The number of hydrogen-bond acceptors (Lipinski definition) is 3. The molecule has 5 nitrogen and oxygen atoms in total. The van der Waals surface area contributed by atoms with Crippen LogP contribution in [0.5, 0.6) is 0 Å². The minimum Gasteiger partial charge on any atom is -0.395 e. The molecule has 3 N–H and O–H groups in total. The van der Waals surface area contributed by atoms with E-state index in [1.54, 1.807) is 14.0 Å². The number of aryl methyl sites for hydroxylation is 4. The minimum atomic E-state index is -0.227. The fourth-order valence-electron chi connectivity index (χ4n) is 2.32. The van der Waals surface area contributed by atoms with Crippen LogP contribution in [0.2, 0.25) is 0 Å². The molecule has 0 aliphatic heterocycles. The van der Waals surface area contributed by atoms with Crippen LogP contribution >= 0.6 is 0 Å². The summed E-state index contributed by atoms with van der Waals surface area (Å²) in [5.74, 6) is -0.227. The van der Waals surface area contributed by atoms with Crippen molar-refractivity contribution in [2.75, 3.05) is 11.1 Å². The molecule has 0 unspecified atom stereocenters. The molecule has 1 aromatic heterocycles. The molecule has 106 valence electrons. The number of nitrogen functional groups attached to an aromatic ring is 1. The first kappa shape index (κ1) is 14.1. The quantitative estimate of drug-likeness (QED) is 0.901. The Morgan fingerprint density at radius 3 is 2.65 bits per heavy atom. The Morgan fingerprint density at radius 1 is 1.40 bits per heavy atom. The third-order valence-electron chi connectivity index (χ3n) is 3.46. The van der Waals surface area contributed by atoms with Crippen molar-refractivity contribution in [3.63, 3.8) is 0 Å². The molecule has 0 aliphatic carbocycles. The zero-order valence-corrected chi connectivity index (χ0v) is 12.3. The van der Waals surface area contributed by atoms with E-state index in [2.05, 4.69) is 17.3 Å². The van der Waals surface area contributed by atoms with Gasteiger partial charge in [0, 0.05) is 12.7 Å². The van der Waals surface area contributed by atoms with Crippen LogP contribution in [-0.2, 0) is 13.5 Å². The van der Waals surface area contributed by atoms with Gasteiger partial charge in [0.2, 0.25) is 0 Å². The average Bonchev–Trinajstić information content (AvgIpc) is 2.65. The molecule has 0 saturated heterocycles. The largest absolute Gasteiger partial charge is 0.395 e. The van der Waals surface area contributed by atoms with Crippen molar-refractivity contribution in [2.45, 2.75) is 27.2 Å². The molecule has 0 spiro atoms. The van der Waals surface area contributed by atoms with Crippen molar-refractivity contribution >= 4 is 17.3 Å². The number of nitrogens with zero attached hydrogens (tertiary/aromatic N) is 2. The summed E-state index contributed by atoms with van der Waals surface area (Å²) in [5.41, 5.74) is 10.4. The summed E-state index contributed by atoms with van der Waals surface area (Å²) in [6.07, 6.45) is 0.858. The lowest BCUT2D eigenvalue weighted by Crippen LogP contribution is -2.19. The van der Waals surface area contributed by atoms with E-state index in [0.717, 1.165) is 23.2 Å². The molecule has 2 aromatic rings. The van der Waals surface area contributed by atoms with Gasteiger partial charge in [-0.2, -0.15) is 5.10 Å². The van der Waals surface area contributed by atoms with Crippen molar-refractivity contribution in [1.82, 2.24) is 9.78 Å². The van der Waals surface area contributed by atoms with Gasteiger partial charge in [0.15, 0.2) is 0 Å². The Bertz CT molecular complexity index is 658. The van der Waals surface area contributed by atoms with E-state index in [1.165, 1.54) is 4.68 Å². The predicted molar refractivity (Wildman–Crippen MR) is 80.9 cm³/mol. The zero-order chi connectivity index (χ0) is 14.9. The van der Waals surface area contributed by atoms with Crippen molar-refractivity contribution in [2.24, 2.45) is 7.05 Å². The highest BCUT2D eigenvalue weighted by molar-refractivity contribution is 6.07. The molecule has 0 radical (unpaired) electrons. The highest BCUT2D eigenvalue weighted by Gasteiger charge is 2.19. The fourth-order valence-corrected chi connectivity index (χ4v) is 2.32. The number of benzene rings is 1. The third kappa shape index (κ3) is 2.39. The summed E-state index contributed by atoms with van der Waals surface area (Å²) in [7, 11) is 1.72. The van der Waals surface area contributed by atoms with Crippen LogP contribution in [0.25, 0.3) is 0 Å². The van der Waals surface area contributed by atoms with E-state index in [-0.39, 0.29) is 5.91 Å². The lowest BCUT2D eigenvalue weighted by atomic mass is 10.1. The first-order valence-electron chi connectivity index (χ1n) is 6.64. The molecule has 0 saturated carbocycles. The topological polar surface area (TPSA) is 72.9 Å². The molecule has 0 fully saturated rings. The van der Waals surface area contributed by atoms with Gasteiger partial charge in [-0.15, -0.1) is 0 Å². The monoisotopic (exact) mass is 272 g/mol. The van der Waals surface area contributed by atoms with E-state index in [9.17, 15) is 4.79 Å². The van der Waals surface area contributed by atoms with Crippen molar-refractivity contribution in [1.29, 1.82) is 0 Å². The van der Waals surface area contributed by atoms with Crippen LogP contribution in [-0.4, -0.2) is 15.7 Å². The number of hydrogen-bond donors (Lipinski definition) is 2. The van der Waals surface area contributed by atoms with Gasteiger partial charge in [0.05, 0.1) is 11.4 Å². The van der Waals surface area contributed by atoms with E-state index in [1.807, 2.05) is 25.1 Å². The highest BCUT2D eigenvalue weighted by atomic mass is 16.2. The van der Waals surface area contributed by atoms with Crippen LogP contribution in [0.15, 0.2) is 18.2 Å². The van der Waals surface area contributed by atoms with E-state index in [0.29, 0.717) is 17.1 Å². The number of anilines is 2. The number of rotatable bonds is 3. The molecule has 0 aliphatic rings. The number of carbonyl (C=O) groups is 1. The number of carbonyl (C=O) groups excluding carboxylic acids is 1. The maximum absolute atomic E-state index is 12.4. The first-order chi connectivity index (χ1) is 9.45. The average molecular weight is 272 g/mol. The van der Waals surface area contributed by atoms with Gasteiger partial charge in [-0.25, -0.2) is 0 Å². The molecular formula is C15H20N4O. The van der Waals surface area contributed by atoms with Crippen LogP contribution in [0.4, 0.5) is 11.4 Å². The van der Waals surface area contributed by atoms with Gasteiger partial charge < -0.3 is 11.1 Å². The Hall–Kier alpha value is -2.30. The van der Waals surface area contributed by atoms with Crippen molar-refractivity contribution in [3.05, 3.63) is 40.7 Å². The molecule has 20 heavy (non-hydrogen) atoms. The second kappa shape index (κ2) is 5.36. The van der Waals surface area contributed by atoms with Crippen LogP contribution in [0.1, 0.15) is 34.2 Å². The molecule has 2 rings (SSSR count). The van der Waals surface area contributed by atoms with Crippen LogP contribution < -0.4 is 11.1 Å². The Balaban J connectivity index is 2.38. The zero-order valence-electron chi connectivity index (χ0n) is 12.3. The standard InChI is InChI=1S/C15H20N4O/c1-5-11-8-6-7-9(2)13(11)17-15(20)14-12(16)10(3)18-19(14)4/h6-8H,5,16H2,1-4H3,(H,17,20). The highest BCUT2D eigenvalue weighted by Crippen LogP contribution is 2.23. The van der Waals surface area contributed by atoms with Gasteiger partial charge in [-0.3, -0.25) is 9.48 Å². The second-order valence-electron chi connectivity index (χ2n) is 4.89. The van der Waals surface area contributed by atoms with Gasteiger partial charge in [-0.1, -0.05) is 25.1 Å². The van der Waals surface area contributed by atoms with Crippen LogP contribution in [0, 0.1) is 13.8 Å². The van der Waals surface area contributed by atoms with E-state index < -0.39 is 0 Å². The Kier molecular flexibility index (Phi) is 3.79.